The van der Waals surface area contributed by atoms with Crippen LogP contribution in [0.15, 0.2) is 134 Å². The van der Waals surface area contributed by atoms with Gasteiger partial charge in [0.05, 0.1) is 0 Å². The molecular weight excluding hydrogens is 701 g/mol. The molecule has 10 heteroatoms. The zero-order chi connectivity index (χ0) is 38.2. The fraction of sp³-hybridized carbons (Fsp3) is 0.0870. The van der Waals surface area contributed by atoms with Gasteiger partial charge in [0.1, 0.15) is 11.4 Å². The molecule has 9 rings (SSSR count). The molecular formula is C46H34N6O4. The van der Waals surface area contributed by atoms with Crippen LogP contribution in [0.3, 0.4) is 0 Å². The van der Waals surface area contributed by atoms with Gasteiger partial charge in [0.2, 0.25) is 0 Å². The van der Waals surface area contributed by atoms with Crippen LogP contribution in [0, 0.1) is 0 Å². The third-order valence-electron chi connectivity index (χ3n) is 10.5. The second-order valence-electron chi connectivity index (χ2n) is 13.7. The number of rotatable bonds is 0. The van der Waals surface area contributed by atoms with Gasteiger partial charge in [-0.25, -0.2) is 0 Å². The number of nitrogens with zero attached hydrogens (tertiary/aromatic N) is 2. The van der Waals surface area contributed by atoms with Gasteiger partial charge in [0.25, 0.3) is 23.6 Å². The van der Waals surface area contributed by atoms with Crippen LogP contribution in [0.4, 0.5) is 0 Å². The summed E-state index contributed by atoms with van der Waals surface area (Å²) in [5, 5.41) is 19.6. The van der Waals surface area contributed by atoms with E-state index in [2.05, 4.69) is 31.2 Å². The summed E-state index contributed by atoms with van der Waals surface area (Å²) < 4.78 is 0. The van der Waals surface area contributed by atoms with Gasteiger partial charge in [-0.3, -0.25) is 29.1 Å². The highest BCUT2D eigenvalue weighted by Crippen LogP contribution is 2.35. The summed E-state index contributed by atoms with van der Waals surface area (Å²) in [6.45, 7) is 0.821. The lowest BCUT2D eigenvalue weighted by Crippen LogP contribution is -2.27. The van der Waals surface area contributed by atoms with Gasteiger partial charge in [0, 0.05) is 49.7 Å². The van der Waals surface area contributed by atoms with Crippen LogP contribution >= 0.6 is 0 Å². The van der Waals surface area contributed by atoms with Crippen LogP contribution in [0.2, 0.25) is 0 Å². The molecule has 3 heterocycles. The zero-order valence-corrected chi connectivity index (χ0v) is 30.1. The second kappa shape index (κ2) is 14.4. The number of fused-ring (bicyclic) bond motifs is 10. The lowest BCUT2D eigenvalue weighted by atomic mass is 9.91. The molecule has 0 fully saturated rings. The molecule has 8 aromatic rings. The molecule has 56 heavy (non-hydrogen) atoms. The number of aromatic nitrogens is 2. The van der Waals surface area contributed by atoms with E-state index in [0.29, 0.717) is 11.1 Å². The van der Waals surface area contributed by atoms with E-state index >= 15 is 0 Å². The Morgan fingerprint density at radius 1 is 0.339 bits per heavy atom. The molecule has 4 amide bonds. The van der Waals surface area contributed by atoms with Gasteiger partial charge in [-0.05, 0) is 89.6 Å². The summed E-state index contributed by atoms with van der Waals surface area (Å²) in [5.74, 6) is -1.52. The van der Waals surface area contributed by atoms with Crippen molar-refractivity contribution in [3.05, 3.63) is 178 Å². The van der Waals surface area contributed by atoms with Crippen LogP contribution in [-0.4, -0.2) is 33.6 Å². The summed E-state index contributed by atoms with van der Waals surface area (Å²) in [4.78, 5) is 63.3. The summed E-state index contributed by atoms with van der Waals surface area (Å²) >= 11 is 0. The first kappa shape index (κ1) is 34.3. The van der Waals surface area contributed by atoms with E-state index in [0.717, 1.165) is 65.3 Å². The number of hydrogen-bond acceptors (Lipinski definition) is 6. The normalized spacial score (nSPS) is 14.1. The molecule has 0 saturated heterocycles. The van der Waals surface area contributed by atoms with E-state index in [1.165, 1.54) is 24.5 Å². The lowest BCUT2D eigenvalue weighted by Gasteiger charge is -2.18. The minimum Gasteiger partial charge on any atom is -0.348 e. The monoisotopic (exact) mass is 734 g/mol. The predicted octanol–water partition coefficient (Wildman–Crippen LogP) is 7.12. The molecule has 2 aromatic heterocycles. The topological polar surface area (TPSA) is 142 Å². The fourth-order valence-corrected chi connectivity index (χ4v) is 7.83. The minimum absolute atomic E-state index is 0.118. The number of hydrogen-bond donors (Lipinski definition) is 4. The summed E-state index contributed by atoms with van der Waals surface area (Å²) in [5.41, 5.74) is 4.49. The van der Waals surface area contributed by atoms with Crippen molar-refractivity contribution in [3.63, 3.8) is 0 Å². The average Bonchev–Trinajstić information content (AvgIpc) is 3.25. The fourth-order valence-electron chi connectivity index (χ4n) is 7.83. The van der Waals surface area contributed by atoms with Gasteiger partial charge in [-0.2, -0.15) is 0 Å². The van der Waals surface area contributed by atoms with Crippen LogP contribution in [0.5, 0.6) is 0 Å². The number of carbonyl (C=O) groups is 4. The largest absolute Gasteiger partial charge is 0.348 e. The standard InChI is InChI=1S/C46H34N6O4/c53-43-27-17-19-47-41(21-27)45(55)51-25-39-33-13-5-7-15-35(33)40(36-16-8-6-14-34(36)39)26-52-46(56)42-22-28(18-20-48-42)44(54)50-24-38-30-10-2-1-9-29(30)37(23-49-43)31-11-3-4-12-32(31)38/h1-22H,23-26H2,(H,49,53)(H,50,54)(H,51,55)(H,52,56). The third-order valence-corrected chi connectivity index (χ3v) is 10.5. The predicted molar refractivity (Wildman–Crippen MR) is 216 cm³/mol. The minimum atomic E-state index is -0.417. The van der Waals surface area contributed by atoms with Crippen molar-refractivity contribution in [2.24, 2.45) is 0 Å². The van der Waals surface area contributed by atoms with Gasteiger partial charge >= 0.3 is 0 Å². The maximum Gasteiger partial charge on any atom is 0.270 e. The number of pyridine rings is 2. The highest BCUT2D eigenvalue weighted by molar-refractivity contribution is 6.08. The number of benzene rings is 6. The van der Waals surface area contributed by atoms with E-state index in [1.807, 2.05) is 97.1 Å². The van der Waals surface area contributed by atoms with E-state index in [1.54, 1.807) is 12.1 Å². The van der Waals surface area contributed by atoms with Crippen molar-refractivity contribution in [2.75, 3.05) is 0 Å². The molecule has 4 N–H and O–H groups in total. The molecule has 6 aromatic carbocycles. The van der Waals surface area contributed by atoms with Crippen molar-refractivity contribution in [1.29, 1.82) is 0 Å². The molecule has 272 valence electrons. The maximum atomic E-state index is 13.7. The molecule has 0 aliphatic carbocycles. The first-order valence-corrected chi connectivity index (χ1v) is 18.3. The molecule has 0 atom stereocenters. The number of carbonyl (C=O) groups excluding carboxylic acids is 4. The van der Waals surface area contributed by atoms with Crippen molar-refractivity contribution in [2.45, 2.75) is 26.2 Å². The Kier molecular flexibility index (Phi) is 8.83. The smallest absolute Gasteiger partial charge is 0.270 e. The first-order valence-electron chi connectivity index (χ1n) is 18.3. The Hall–Kier alpha value is -7.46. The Morgan fingerprint density at radius 3 is 0.857 bits per heavy atom. The molecule has 0 spiro atoms. The highest BCUT2D eigenvalue weighted by atomic mass is 16.2. The molecule has 0 unspecified atom stereocenters. The average molecular weight is 735 g/mol. The molecule has 1 aliphatic heterocycles. The van der Waals surface area contributed by atoms with E-state index < -0.39 is 11.8 Å². The van der Waals surface area contributed by atoms with Gasteiger partial charge in [-0.1, -0.05) is 97.1 Å². The van der Waals surface area contributed by atoms with E-state index in [-0.39, 0.29) is 49.4 Å². The molecule has 0 radical (unpaired) electrons. The lowest BCUT2D eigenvalue weighted by molar-refractivity contribution is 0.0932. The second-order valence-corrected chi connectivity index (χ2v) is 13.7. The van der Waals surface area contributed by atoms with Crippen LogP contribution in [0.25, 0.3) is 43.1 Å². The van der Waals surface area contributed by atoms with Gasteiger partial charge in [0.15, 0.2) is 0 Å². The van der Waals surface area contributed by atoms with Gasteiger partial charge < -0.3 is 21.3 Å². The van der Waals surface area contributed by atoms with Crippen molar-refractivity contribution in [3.8, 4) is 0 Å². The molecule has 8 bridgehead atoms. The molecule has 0 saturated carbocycles. The van der Waals surface area contributed by atoms with E-state index in [4.69, 9.17) is 0 Å². The van der Waals surface area contributed by atoms with Crippen molar-refractivity contribution in [1.82, 2.24) is 31.2 Å². The van der Waals surface area contributed by atoms with Crippen molar-refractivity contribution >= 4 is 66.7 Å². The number of nitrogens with one attached hydrogen (secondary N) is 4. The summed E-state index contributed by atoms with van der Waals surface area (Å²) in [6.07, 6.45) is 2.93. The maximum absolute atomic E-state index is 13.7. The van der Waals surface area contributed by atoms with Crippen molar-refractivity contribution < 1.29 is 19.2 Å². The summed E-state index contributed by atoms with van der Waals surface area (Å²) in [6, 6.07) is 37.7. The first-order chi connectivity index (χ1) is 27.4. The van der Waals surface area contributed by atoms with Crippen LogP contribution in [0.1, 0.15) is 63.9 Å². The SMILES string of the molecule is O=C1NCc2c3ccccc3c(c3ccccc23)CNC(=O)c2ccnc(c2)C(=O)NCc2c3ccccc3c(c3ccccc23)CNC(=O)c2cc1ccn2. The van der Waals surface area contributed by atoms with Gasteiger partial charge in [-0.15, -0.1) is 0 Å². The third kappa shape index (κ3) is 6.22. The Bertz CT molecular complexity index is 2420. The highest BCUT2D eigenvalue weighted by Gasteiger charge is 2.20. The Labute approximate surface area is 321 Å². The Morgan fingerprint density at radius 2 is 0.589 bits per heavy atom. The quantitative estimate of drug-likeness (QED) is 0.122. The number of amides is 4. The zero-order valence-electron chi connectivity index (χ0n) is 30.1. The summed E-state index contributed by atoms with van der Waals surface area (Å²) in [7, 11) is 0. The molecule has 1 aliphatic rings. The van der Waals surface area contributed by atoms with E-state index in [9.17, 15) is 19.2 Å². The Balaban J connectivity index is 1.14. The molecule has 10 nitrogen and oxygen atoms in total. The van der Waals surface area contributed by atoms with Crippen LogP contribution in [-0.2, 0) is 26.2 Å². The van der Waals surface area contributed by atoms with Crippen LogP contribution < -0.4 is 21.3 Å².